The maximum absolute atomic E-state index is 11.6. The van der Waals surface area contributed by atoms with E-state index in [4.69, 9.17) is 4.74 Å². The fourth-order valence-electron chi connectivity index (χ4n) is 2.00. The van der Waals surface area contributed by atoms with E-state index in [0.717, 1.165) is 38.8 Å². The Bertz CT molecular complexity index is 244. The summed E-state index contributed by atoms with van der Waals surface area (Å²) in [6.45, 7) is 12.5. The lowest BCUT2D eigenvalue weighted by Gasteiger charge is -2.17. The second kappa shape index (κ2) is 11.1. The molecule has 1 N–H and O–H groups in total. The topological polar surface area (TPSA) is 38.3 Å². The molecule has 0 aliphatic carbocycles. The monoisotopic (exact) mass is 285 g/mol. The fourth-order valence-corrected chi connectivity index (χ4v) is 2.00. The summed E-state index contributed by atoms with van der Waals surface area (Å²) in [4.78, 5) is 11.6. The zero-order chi connectivity index (χ0) is 15.4. The van der Waals surface area contributed by atoms with E-state index < -0.39 is 0 Å². The summed E-state index contributed by atoms with van der Waals surface area (Å²) in [5.74, 6) is 0.206. The van der Waals surface area contributed by atoms with Crippen LogP contribution in [0.15, 0.2) is 0 Å². The van der Waals surface area contributed by atoms with Crippen LogP contribution in [0.25, 0.3) is 0 Å². The summed E-state index contributed by atoms with van der Waals surface area (Å²) < 4.78 is 5.49. The molecular weight excluding hydrogens is 250 g/mol. The minimum Gasteiger partial charge on any atom is -0.379 e. The Balaban J connectivity index is 3.27. The van der Waals surface area contributed by atoms with E-state index in [9.17, 15) is 4.79 Å². The first-order valence-electron chi connectivity index (χ1n) is 8.19. The number of nitrogens with one attached hydrogen (secondary N) is 1. The third-order valence-corrected chi connectivity index (χ3v) is 3.18. The van der Waals surface area contributed by atoms with Crippen LogP contribution < -0.4 is 5.32 Å². The minimum atomic E-state index is 0.206. The molecule has 3 heteroatoms. The third kappa shape index (κ3) is 15.5. The molecule has 20 heavy (non-hydrogen) atoms. The standard InChI is InChI=1S/C17H35NO2/c1-15(2)20-14-9-7-6-8-13-18-16(19)11-10-12-17(3,4)5/h15H,6-14H2,1-5H3,(H,18,19). The molecule has 0 bridgehead atoms. The summed E-state index contributed by atoms with van der Waals surface area (Å²) in [6, 6.07) is 0. The average molecular weight is 285 g/mol. The zero-order valence-corrected chi connectivity index (χ0v) is 14.3. The van der Waals surface area contributed by atoms with Crippen LogP contribution in [0.4, 0.5) is 0 Å². The van der Waals surface area contributed by atoms with Crippen LogP contribution in [0.5, 0.6) is 0 Å². The highest BCUT2D eigenvalue weighted by Crippen LogP contribution is 2.21. The highest BCUT2D eigenvalue weighted by molar-refractivity contribution is 5.75. The predicted molar refractivity (Wildman–Crippen MR) is 85.9 cm³/mol. The summed E-state index contributed by atoms with van der Waals surface area (Å²) >= 11 is 0. The van der Waals surface area contributed by atoms with Gasteiger partial charge in [0.2, 0.25) is 5.91 Å². The molecule has 0 aliphatic heterocycles. The van der Waals surface area contributed by atoms with Gasteiger partial charge in [-0.3, -0.25) is 4.79 Å². The number of carbonyl (C=O) groups is 1. The normalized spacial score (nSPS) is 11.9. The van der Waals surface area contributed by atoms with E-state index in [1.54, 1.807) is 0 Å². The molecule has 0 aromatic heterocycles. The van der Waals surface area contributed by atoms with E-state index in [1.807, 2.05) is 0 Å². The fraction of sp³-hybridized carbons (Fsp3) is 0.941. The van der Waals surface area contributed by atoms with Gasteiger partial charge in [0.25, 0.3) is 0 Å². The zero-order valence-electron chi connectivity index (χ0n) is 14.3. The SMILES string of the molecule is CC(C)OCCCCCCNC(=O)CCCC(C)(C)C. The van der Waals surface area contributed by atoms with Crippen molar-refractivity contribution in [3.63, 3.8) is 0 Å². The summed E-state index contributed by atoms with van der Waals surface area (Å²) in [5, 5.41) is 3.01. The molecule has 0 saturated heterocycles. The number of ether oxygens (including phenoxy) is 1. The van der Waals surface area contributed by atoms with E-state index in [1.165, 1.54) is 12.8 Å². The molecule has 120 valence electrons. The van der Waals surface area contributed by atoms with Gasteiger partial charge < -0.3 is 10.1 Å². The molecule has 0 radical (unpaired) electrons. The van der Waals surface area contributed by atoms with E-state index in [-0.39, 0.29) is 5.91 Å². The largest absolute Gasteiger partial charge is 0.379 e. The Morgan fingerprint density at radius 3 is 2.30 bits per heavy atom. The smallest absolute Gasteiger partial charge is 0.219 e. The van der Waals surface area contributed by atoms with E-state index >= 15 is 0 Å². The van der Waals surface area contributed by atoms with Crippen molar-refractivity contribution in [2.24, 2.45) is 5.41 Å². The van der Waals surface area contributed by atoms with Gasteiger partial charge in [-0.25, -0.2) is 0 Å². The second-order valence-electron chi connectivity index (χ2n) is 7.10. The first-order valence-corrected chi connectivity index (χ1v) is 8.19. The maximum atomic E-state index is 11.6. The summed E-state index contributed by atoms with van der Waals surface area (Å²) in [7, 11) is 0. The summed E-state index contributed by atoms with van der Waals surface area (Å²) in [6.07, 6.45) is 7.65. The number of unbranched alkanes of at least 4 members (excludes halogenated alkanes) is 3. The molecule has 0 unspecified atom stereocenters. The van der Waals surface area contributed by atoms with Crippen molar-refractivity contribution in [2.75, 3.05) is 13.2 Å². The van der Waals surface area contributed by atoms with Crippen molar-refractivity contribution in [2.45, 2.75) is 85.7 Å². The molecule has 0 heterocycles. The Labute approximate surface area is 125 Å². The first-order chi connectivity index (χ1) is 9.31. The van der Waals surface area contributed by atoms with E-state index in [2.05, 4.69) is 39.9 Å². The number of amides is 1. The molecule has 0 rings (SSSR count). The number of hydrogen-bond donors (Lipinski definition) is 1. The van der Waals surface area contributed by atoms with E-state index in [0.29, 0.717) is 17.9 Å². The highest BCUT2D eigenvalue weighted by atomic mass is 16.5. The molecule has 0 atom stereocenters. The quantitative estimate of drug-likeness (QED) is 0.575. The second-order valence-corrected chi connectivity index (χ2v) is 7.10. The van der Waals surface area contributed by atoms with Gasteiger partial charge in [0.05, 0.1) is 6.10 Å². The molecule has 3 nitrogen and oxygen atoms in total. The molecule has 0 spiro atoms. The van der Waals surface area contributed by atoms with Gasteiger partial charge in [-0.15, -0.1) is 0 Å². The van der Waals surface area contributed by atoms with Gasteiger partial charge in [-0.1, -0.05) is 33.6 Å². The van der Waals surface area contributed by atoms with Crippen molar-refractivity contribution in [1.29, 1.82) is 0 Å². The van der Waals surface area contributed by atoms with Gasteiger partial charge in [0.15, 0.2) is 0 Å². The van der Waals surface area contributed by atoms with Crippen LogP contribution in [-0.2, 0) is 9.53 Å². The molecule has 0 aromatic rings. The number of carbonyl (C=O) groups excluding carboxylic acids is 1. The average Bonchev–Trinajstić information content (AvgIpc) is 2.30. The first kappa shape index (κ1) is 19.4. The van der Waals surface area contributed by atoms with Crippen LogP contribution in [0, 0.1) is 5.41 Å². The highest BCUT2D eigenvalue weighted by Gasteiger charge is 2.10. The molecule has 0 saturated carbocycles. The van der Waals surface area contributed by atoms with Crippen molar-refractivity contribution in [3.8, 4) is 0 Å². The molecule has 0 aliphatic rings. The number of hydrogen-bond acceptors (Lipinski definition) is 2. The Hall–Kier alpha value is -0.570. The van der Waals surface area contributed by atoms with Crippen molar-refractivity contribution in [3.05, 3.63) is 0 Å². The van der Waals surface area contributed by atoms with Crippen LogP contribution in [-0.4, -0.2) is 25.2 Å². The van der Waals surface area contributed by atoms with Crippen molar-refractivity contribution < 1.29 is 9.53 Å². The lowest BCUT2D eigenvalue weighted by Crippen LogP contribution is -2.24. The van der Waals surface area contributed by atoms with Crippen LogP contribution in [0.2, 0.25) is 0 Å². The Kier molecular flexibility index (Phi) is 10.8. The van der Waals surface area contributed by atoms with Gasteiger partial charge >= 0.3 is 0 Å². The minimum absolute atomic E-state index is 0.206. The van der Waals surface area contributed by atoms with Crippen molar-refractivity contribution in [1.82, 2.24) is 5.32 Å². The van der Waals surface area contributed by atoms with Crippen LogP contribution in [0.3, 0.4) is 0 Å². The lowest BCUT2D eigenvalue weighted by molar-refractivity contribution is -0.121. The van der Waals surface area contributed by atoms with Gasteiger partial charge in [0, 0.05) is 19.6 Å². The molecule has 0 aromatic carbocycles. The van der Waals surface area contributed by atoms with Gasteiger partial charge in [-0.05, 0) is 44.9 Å². The Morgan fingerprint density at radius 2 is 1.70 bits per heavy atom. The van der Waals surface area contributed by atoms with Gasteiger partial charge in [0.1, 0.15) is 0 Å². The molecule has 0 fully saturated rings. The lowest BCUT2D eigenvalue weighted by atomic mass is 9.90. The maximum Gasteiger partial charge on any atom is 0.219 e. The summed E-state index contributed by atoms with van der Waals surface area (Å²) in [5.41, 5.74) is 0.332. The van der Waals surface area contributed by atoms with Crippen LogP contribution in [0.1, 0.15) is 79.6 Å². The molecular formula is C17H35NO2. The third-order valence-electron chi connectivity index (χ3n) is 3.18. The predicted octanol–water partition coefficient (Wildman–Crippen LogP) is 4.30. The van der Waals surface area contributed by atoms with Gasteiger partial charge in [-0.2, -0.15) is 0 Å². The molecule has 1 amide bonds. The Morgan fingerprint density at radius 1 is 1.05 bits per heavy atom. The van der Waals surface area contributed by atoms with Crippen LogP contribution >= 0.6 is 0 Å². The van der Waals surface area contributed by atoms with Crippen molar-refractivity contribution >= 4 is 5.91 Å². The number of rotatable bonds is 11.